The number of benzene rings is 7. The molecule has 3 heterocycles. The molecule has 0 spiro atoms. The fraction of sp³-hybridized carbons (Fsp3) is 0.417. The van der Waals surface area contributed by atoms with Gasteiger partial charge in [-0.3, -0.25) is 0 Å². The van der Waals surface area contributed by atoms with E-state index in [9.17, 15) is 0 Å². The largest absolute Gasteiger partial charge is 0.334 e. The summed E-state index contributed by atoms with van der Waals surface area (Å²) in [6.45, 7) is 25.2. The second kappa shape index (κ2) is 16.8. The van der Waals surface area contributed by atoms with Gasteiger partial charge in [-0.2, -0.15) is 0 Å². The van der Waals surface area contributed by atoms with Gasteiger partial charge in [0.1, 0.15) is 0 Å². The van der Waals surface area contributed by atoms with E-state index in [1.54, 1.807) is 0 Å². The summed E-state index contributed by atoms with van der Waals surface area (Å²) in [7, 11) is 0. The summed E-state index contributed by atoms with van der Waals surface area (Å²) in [6.07, 6.45) is 16.3. The normalized spacial score (nSPS) is 23.9. The third kappa shape index (κ3) is 6.99. The molecule has 0 radical (unpaired) electrons. The average Bonchev–Trinajstić information content (AvgIpc) is 4.10. The molecule has 4 aliphatic carbocycles. The number of para-hydroxylation sites is 2. The Kier molecular flexibility index (Phi) is 10.7. The van der Waals surface area contributed by atoms with E-state index < -0.39 is 0 Å². The van der Waals surface area contributed by atoms with Gasteiger partial charge >= 0.3 is 0 Å². The maximum atomic E-state index is 2.80. The molecule has 7 aromatic carbocycles. The minimum absolute atomic E-state index is 0.0274. The van der Waals surface area contributed by atoms with Crippen molar-refractivity contribution in [2.75, 3.05) is 14.7 Å². The third-order valence-corrected chi connectivity index (χ3v) is 21.7. The van der Waals surface area contributed by atoms with Gasteiger partial charge in [0, 0.05) is 50.9 Å². The quantitative estimate of drug-likeness (QED) is 0.154. The van der Waals surface area contributed by atoms with Crippen LogP contribution in [0.3, 0.4) is 0 Å². The zero-order chi connectivity index (χ0) is 52.3. The molecule has 2 saturated carbocycles. The monoisotopic (exact) mass is 998 g/mol. The average molecular weight is 998 g/mol. The lowest BCUT2D eigenvalue weighted by atomic mass is 9.36. The van der Waals surface area contributed by atoms with Crippen LogP contribution in [0.1, 0.15) is 192 Å². The Hall–Kier alpha value is -6.00. The van der Waals surface area contributed by atoms with Crippen LogP contribution < -0.4 is 31.1 Å². The molecule has 14 rings (SSSR count). The van der Waals surface area contributed by atoms with E-state index >= 15 is 0 Å². The van der Waals surface area contributed by atoms with Gasteiger partial charge in [0.15, 0.2) is 0 Å². The molecule has 0 aromatic heterocycles. The molecule has 2 unspecified atom stereocenters. The number of hydrogen-bond acceptors (Lipinski definition) is 3. The maximum absolute atomic E-state index is 2.80. The standard InChI is InChI=1S/C72H80BN3/c1-67(2)37-38-68(3,4)58-42-51(32-34-56(58)67)75-64-46-60-59(69(5,6)39-40-70(60,7)8)45-62(64)73-61-43-52(76-63-26-18-17-25-57(63)71(9)35-19-20-36-72(71,76)10)31-33-54(61)55-41-53(44-65(75)66(55)73)74(49-23-15-12-16-24-49)50-29-27-48(28-30-50)47-21-13-11-14-22-47/h12,15-18,23-34,41-47H,11,13-14,19-22,35-40H2,1-10H3. The van der Waals surface area contributed by atoms with Crippen LogP contribution in [-0.4, -0.2) is 12.3 Å². The van der Waals surface area contributed by atoms with Gasteiger partial charge in [-0.1, -0.05) is 167 Å². The molecule has 4 heteroatoms. The summed E-state index contributed by atoms with van der Waals surface area (Å²) >= 11 is 0. The highest BCUT2D eigenvalue weighted by Gasteiger charge is 2.58. The van der Waals surface area contributed by atoms with Gasteiger partial charge < -0.3 is 14.7 Å². The molecular weight excluding hydrogens is 918 g/mol. The first-order chi connectivity index (χ1) is 36.4. The number of nitrogens with zero attached hydrogens (tertiary/aromatic N) is 3. The molecule has 3 nitrogen and oxygen atoms in total. The van der Waals surface area contributed by atoms with Crippen LogP contribution >= 0.6 is 0 Å². The van der Waals surface area contributed by atoms with E-state index in [1.807, 2.05) is 0 Å². The van der Waals surface area contributed by atoms with E-state index in [0.29, 0.717) is 5.92 Å². The second-order valence-electron chi connectivity index (χ2n) is 28.0. The zero-order valence-electron chi connectivity index (χ0n) is 47.5. The molecule has 2 atom stereocenters. The van der Waals surface area contributed by atoms with Crippen molar-refractivity contribution in [3.05, 3.63) is 173 Å². The van der Waals surface area contributed by atoms with Crippen LogP contribution in [-0.2, 0) is 27.1 Å². The number of rotatable bonds is 6. The molecule has 7 aliphatic rings. The molecule has 76 heavy (non-hydrogen) atoms. The molecule has 0 N–H and O–H groups in total. The Bertz CT molecular complexity index is 3480. The van der Waals surface area contributed by atoms with Crippen LogP contribution in [0.5, 0.6) is 0 Å². The van der Waals surface area contributed by atoms with E-state index in [1.165, 1.54) is 190 Å². The van der Waals surface area contributed by atoms with Crippen LogP contribution in [0.25, 0.3) is 11.1 Å². The Labute approximate surface area is 456 Å². The summed E-state index contributed by atoms with van der Waals surface area (Å²) in [6, 6.07) is 56.3. The second-order valence-corrected chi connectivity index (χ2v) is 28.0. The summed E-state index contributed by atoms with van der Waals surface area (Å²) in [5.74, 6) is 0.654. The Morgan fingerprint density at radius 1 is 0.421 bits per heavy atom. The van der Waals surface area contributed by atoms with Crippen molar-refractivity contribution in [2.24, 2.45) is 0 Å². The molecule has 386 valence electrons. The van der Waals surface area contributed by atoms with Crippen molar-refractivity contribution in [2.45, 2.75) is 191 Å². The SMILES string of the molecule is CC1(C)CCC(C)(C)c2cc(N3c4cc5c(cc4B4c6cc(N7c8ccccc8C8(C)CCCCC78C)ccc6-c6cc(N(c7ccccc7)c7ccc(C8CCCCC8)cc7)cc3c64)C(C)(C)CCC5(C)C)ccc21. The molecule has 2 fully saturated rings. The summed E-state index contributed by atoms with van der Waals surface area (Å²) in [5.41, 5.74) is 26.7. The Morgan fingerprint density at radius 2 is 1.04 bits per heavy atom. The predicted octanol–water partition coefficient (Wildman–Crippen LogP) is 17.9. The maximum Gasteiger partial charge on any atom is 0.248 e. The van der Waals surface area contributed by atoms with E-state index in [0.717, 1.165) is 0 Å². The Morgan fingerprint density at radius 3 is 1.76 bits per heavy atom. The summed E-state index contributed by atoms with van der Waals surface area (Å²) in [4.78, 5) is 8.10. The van der Waals surface area contributed by atoms with Crippen molar-refractivity contribution < 1.29 is 0 Å². The fourth-order valence-electron chi connectivity index (χ4n) is 16.7. The van der Waals surface area contributed by atoms with Gasteiger partial charge in [0.25, 0.3) is 0 Å². The highest BCUT2D eigenvalue weighted by molar-refractivity contribution is 7.01. The lowest BCUT2D eigenvalue weighted by Gasteiger charge is -2.50. The van der Waals surface area contributed by atoms with Gasteiger partial charge in [-0.15, -0.1) is 0 Å². The highest BCUT2D eigenvalue weighted by Crippen LogP contribution is 2.61. The fourth-order valence-corrected chi connectivity index (χ4v) is 16.7. The molecule has 0 saturated heterocycles. The molecule has 0 bridgehead atoms. The van der Waals surface area contributed by atoms with Gasteiger partial charge in [0.05, 0.1) is 5.54 Å². The van der Waals surface area contributed by atoms with Gasteiger partial charge in [-0.25, -0.2) is 0 Å². The lowest BCUT2D eigenvalue weighted by Crippen LogP contribution is -2.56. The topological polar surface area (TPSA) is 9.72 Å². The predicted molar refractivity (Wildman–Crippen MR) is 325 cm³/mol. The van der Waals surface area contributed by atoms with Crippen molar-refractivity contribution >= 4 is 68.6 Å². The first-order valence-electron chi connectivity index (χ1n) is 29.7. The van der Waals surface area contributed by atoms with Crippen molar-refractivity contribution in [3.63, 3.8) is 0 Å². The Balaban J connectivity index is 1.05. The van der Waals surface area contributed by atoms with Crippen LogP contribution in [0.2, 0.25) is 0 Å². The first kappa shape index (κ1) is 48.4. The van der Waals surface area contributed by atoms with Gasteiger partial charge in [0.2, 0.25) is 6.71 Å². The zero-order valence-corrected chi connectivity index (χ0v) is 47.5. The van der Waals surface area contributed by atoms with Gasteiger partial charge in [-0.05, 0) is 214 Å². The highest BCUT2D eigenvalue weighted by atomic mass is 15.3. The van der Waals surface area contributed by atoms with Crippen molar-refractivity contribution in [3.8, 4) is 11.1 Å². The molecular formula is C72H80BN3. The van der Waals surface area contributed by atoms with Crippen molar-refractivity contribution in [1.82, 2.24) is 0 Å². The van der Waals surface area contributed by atoms with Crippen LogP contribution in [0.4, 0.5) is 45.5 Å². The molecule has 3 aliphatic heterocycles. The van der Waals surface area contributed by atoms with E-state index in [-0.39, 0.29) is 39.3 Å². The first-order valence-corrected chi connectivity index (χ1v) is 29.7. The minimum atomic E-state index is -0.0274. The third-order valence-electron chi connectivity index (χ3n) is 21.7. The van der Waals surface area contributed by atoms with E-state index in [4.69, 9.17) is 0 Å². The van der Waals surface area contributed by atoms with Crippen LogP contribution in [0, 0.1) is 0 Å². The smallest absolute Gasteiger partial charge is 0.248 e. The number of hydrogen-bond donors (Lipinski definition) is 0. The summed E-state index contributed by atoms with van der Waals surface area (Å²) < 4.78 is 0. The lowest BCUT2D eigenvalue weighted by molar-refractivity contribution is 0.195. The van der Waals surface area contributed by atoms with Crippen molar-refractivity contribution in [1.29, 1.82) is 0 Å². The molecule has 7 aromatic rings. The van der Waals surface area contributed by atoms with E-state index in [2.05, 4.69) is 223 Å². The number of fused-ring (bicyclic) bond motifs is 10. The minimum Gasteiger partial charge on any atom is -0.334 e. The number of anilines is 8. The summed E-state index contributed by atoms with van der Waals surface area (Å²) in [5, 5.41) is 0. The van der Waals surface area contributed by atoms with Crippen LogP contribution in [0.15, 0.2) is 140 Å². The molecule has 0 amide bonds.